The number of pyridine rings is 1. The van der Waals surface area contributed by atoms with Crippen LogP contribution in [-0.4, -0.2) is 45.0 Å². The van der Waals surface area contributed by atoms with E-state index in [2.05, 4.69) is 38.6 Å². The molecule has 1 aliphatic rings. The molecule has 1 aliphatic heterocycles. The van der Waals surface area contributed by atoms with Crippen molar-refractivity contribution in [3.8, 4) is 11.5 Å². The lowest BCUT2D eigenvalue weighted by molar-refractivity contribution is 0.189. The summed E-state index contributed by atoms with van der Waals surface area (Å²) in [7, 11) is 0. The number of nitrogens with zero attached hydrogens (tertiary/aromatic N) is 5. The van der Waals surface area contributed by atoms with Crippen LogP contribution in [0.1, 0.15) is 31.9 Å². The molecular formula is C24H29FN6O. The summed E-state index contributed by atoms with van der Waals surface area (Å²) in [6.45, 7) is 7.28. The number of aliphatic imine (C=N–C) groups is 1. The van der Waals surface area contributed by atoms with E-state index in [0.717, 1.165) is 37.6 Å². The second kappa shape index (κ2) is 10.3. The summed E-state index contributed by atoms with van der Waals surface area (Å²) in [6.07, 6.45) is 9.99. The number of guanidine groups is 1. The van der Waals surface area contributed by atoms with E-state index in [0.29, 0.717) is 24.3 Å². The van der Waals surface area contributed by atoms with Crippen LogP contribution in [0.15, 0.2) is 66.4 Å². The Balaban J connectivity index is 1.45. The first-order valence-corrected chi connectivity index (χ1v) is 11.0. The van der Waals surface area contributed by atoms with E-state index in [4.69, 9.17) is 9.73 Å². The largest absolute Gasteiger partial charge is 0.453 e. The molecule has 168 valence electrons. The molecule has 0 aliphatic carbocycles. The Labute approximate surface area is 188 Å². The molecule has 2 atom stereocenters. The second-order valence-corrected chi connectivity index (χ2v) is 8.01. The quantitative estimate of drug-likeness (QED) is 0.462. The van der Waals surface area contributed by atoms with Gasteiger partial charge in [0, 0.05) is 38.2 Å². The molecule has 0 bridgehead atoms. The summed E-state index contributed by atoms with van der Waals surface area (Å²) >= 11 is 0. The molecule has 1 aromatic carbocycles. The monoisotopic (exact) mass is 436 g/mol. The van der Waals surface area contributed by atoms with Gasteiger partial charge in [0.15, 0.2) is 17.5 Å². The van der Waals surface area contributed by atoms with Crippen LogP contribution in [0.3, 0.4) is 0 Å². The third-order valence-electron chi connectivity index (χ3n) is 5.73. The Kier molecular flexibility index (Phi) is 6.99. The fourth-order valence-electron chi connectivity index (χ4n) is 3.95. The summed E-state index contributed by atoms with van der Waals surface area (Å²) in [6, 6.07) is 8.79. The molecule has 0 amide bonds. The Morgan fingerprint density at radius 2 is 2.19 bits per heavy atom. The van der Waals surface area contributed by atoms with Gasteiger partial charge in [-0.05, 0) is 49.1 Å². The number of imidazole rings is 1. The maximum absolute atomic E-state index is 14.6. The molecule has 7 nitrogen and oxygen atoms in total. The SMILES string of the molecule is CCNC(=NCc1ccc(Oc2cccnc2)c(F)c1)N1CCC(C)C(n2ccnc2)C1. The van der Waals surface area contributed by atoms with Crippen LogP contribution >= 0.6 is 0 Å². The number of hydrogen-bond donors (Lipinski definition) is 1. The van der Waals surface area contributed by atoms with Crippen molar-refractivity contribution in [3.05, 3.63) is 72.8 Å². The molecule has 2 aromatic heterocycles. The highest BCUT2D eigenvalue weighted by Gasteiger charge is 2.28. The molecule has 32 heavy (non-hydrogen) atoms. The highest BCUT2D eigenvalue weighted by Crippen LogP contribution is 2.28. The van der Waals surface area contributed by atoms with E-state index in [1.165, 1.54) is 6.07 Å². The van der Waals surface area contributed by atoms with Gasteiger partial charge in [-0.25, -0.2) is 14.4 Å². The molecule has 1 N–H and O–H groups in total. The lowest BCUT2D eigenvalue weighted by atomic mass is 9.93. The lowest BCUT2D eigenvalue weighted by Crippen LogP contribution is -2.49. The van der Waals surface area contributed by atoms with Gasteiger partial charge in [0.25, 0.3) is 0 Å². The van der Waals surface area contributed by atoms with Crippen LogP contribution < -0.4 is 10.1 Å². The minimum absolute atomic E-state index is 0.172. The van der Waals surface area contributed by atoms with E-state index in [1.54, 1.807) is 30.6 Å². The molecule has 0 saturated carbocycles. The minimum Gasteiger partial charge on any atom is -0.453 e. The number of benzene rings is 1. The van der Waals surface area contributed by atoms with Crippen molar-refractivity contribution in [2.75, 3.05) is 19.6 Å². The number of aromatic nitrogens is 3. The van der Waals surface area contributed by atoms with Crippen LogP contribution in [0.4, 0.5) is 4.39 Å². The fourth-order valence-corrected chi connectivity index (χ4v) is 3.95. The first-order valence-electron chi connectivity index (χ1n) is 11.0. The molecule has 8 heteroatoms. The molecule has 2 unspecified atom stereocenters. The number of hydrogen-bond acceptors (Lipinski definition) is 4. The van der Waals surface area contributed by atoms with Crippen molar-refractivity contribution < 1.29 is 9.13 Å². The number of halogens is 1. The predicted octanol–water partition coefficient (Wildman–Crippen LogP) is 4.26. The number of piperidine rings is 1. The van der Waals surface area contributed by atoms with Gasteiger partial charge in [-0.2, -0.15) is 0 Å². The lowest BCUT2D eigenvalue weighted by Gasteiger charge is -2.39. The van der Waals surface area contributed by atoms with E-state index >= 15 is 0 Å². The smallest absolute Gasteiger partial charge is 0.194 e. The first kappa shape index (κ1) is 21.8. The van der Waals surface area contributed by atoms with Crippen LogP contribution in [0, 0.1) is 11.7 Å². The zero-order chi connectivity index (χ0) is 22.3. The molecular weight excluding hydrogens is 407 g/mol. The predicted molar refractivity (Wildman–Crippen MR) is 122 cm³/mol. The molecule has 3 aromatic rings. The number of ether oxygens (including phenoxy) is 1. The van der Waals surface area contributed by atoms with Crippen molar-refractivity contribution >= 4 is 5.96 Å². The average molecular weight is 437 g/mol. The van der Waals surface area contributed by atoms with Crippen molar-refractivity contribution in [1.29, 1.82) is 0 Å². The minimum atomic E-state index is -0.418. The van der Waals surface area contributed by atoms with Crippen LogP contribution in [-0.2, 0) is 6.54 Å². The maximum atomic E-state index is 14.6. The van der Waals surface area contributed by atoms with Crippen molar-refractivity contribution in [2.24, 2.45) is 10.9 Å². The summed E-state index contributed by atoms with van der Waals surface area (Å²) in [5.74, 6) is 1.66. The fraction of sp³-hybridized carbons (Fsp3) is 0.375. The molecule has 1 saturated heterocycles. The topological polar surface area (TPSA) is 67.6 Å². The molecule has 3 heterocycles. The van der Waals surface area contributed by atoms with Crippen molar-refractivity contribution in [2.45, 2.75) is 32.9 Å². The third kappa shape index (κ3) is 5.25. The summed E-state index contributed by atoms with van der Waals surface area (Å²) in [4.78, 5) is 15.3. The highest BCUT2D eigenvalue weighted by molar-refractivity contribution is 5.80. The molecule has 1 fully saturated rings. The summed E-state index contributed by atoms with van der Waals surface area (Å²) in [5.41, 5.74) is 0.785. The van der Waals surface area contributed by atoms with E-state index in [-0.39, 0.29) is 5.75 Å². The van der Waals surface area contributed by atoms with Gasteiger partial charge in [0.1, 0.15) is 5.75 Å². The zero-order valence-electron chi connectivity index (χ0n) is 18.5. The van der Waals surface area contributed by atoms with Gasteiger partial charge in [-0.15, -0.1) is 0 Å². The van der Waals surface area contributed by atoms with E-state index in [9.17, 15) is 4.39 Å². The number of likely N-dealkylation sites (tertiary alicyclic amines) is 1. The van der Waals surface area contributed by atoms with Gasteiger partial charge >= 0.3 is 0 Å². The normalized spacial score (nSPS) is 19.1. The zero-order valence-corrected chi connectivity index (χ0v) is 18.5. The van der Waals surface area contributed by atoms with Crippen molar-refractivity contribution in [3.63, 3.8) is 0 Å². The molecule has 4 rings (SSSR count). The molecule has 0 spiro atoms. The Hall–Kier alpha value is -3.42. The number of rotatable bonds is 6. The van der Waals surface area contributed by atoms with Gasteiger partial charge in [0.2, 0.25) is 0 Å². The maximum Gasteiger partial charge on any atom is 0.194 e. The average Bonchev–Trinajstić information content (AvgIpc) is 3.34. The van der Waals surface area contributed by atoms with Crippen molar-refractivity contribution in [1.82, 2.24) is 24.8 Å². The standard InChI is InChI=1S/C24H29FN6O/c1-3-28-24(30-11-8-18(2)22(16-30)31-12-10-27-17-31)29-14-19-6-7-23(21(25)13-19)32-20-5-4-9-26-15-20/h4-7,9-10,12-13,15,17-18,22H,3,8,11,14,16H2,1-2H3,(H,28,29). The number of nitrogens with one attached hydrogen (secondary N) is 1. The van der Waals surface area contributed by atoms with Crippen LogP contribution in [0.2, 0.25) is 0 Å². The van der Waals surface area contributed by atoms with Gasteiger partial charge in [0.05, 0.1) is 25.1 Å². The summed E-state index contributed by atoms with van der Waals surface area (Å²) < 4.78 is 22.3. The summed E-state index contributed by atoms with van der Waals surface area (Å²) in [5, 5.41) is 3.39. The van der Waals surface area contributed by atoms with Crippen LogP contribution in [0.5, 0.6) is 11.5 Å². The Morgan fingerprint density at radius 1 is 1.28 bits per heavy atom. The van der Waals surface area contributed by atoms with E-state index < -0.39 is 5.82 Å². The molecule has 0 radical (unpaired) electrons. The highest BCUT2D eigenvalue weighted by atomic mass is 19.1. The van der Waals surface area contributed by atoms with E-state index in [1.807, 2.05) is 24.8 Å². The van der Waals surface area contributed by atoms with Gasteiger partial charge in [-0.1, -0.05) is 13.0 Å². The van der Waals surface area contributed by atoms with Crippen LogP contribution in [0.25, 0.3) is 0 Å². The Morgan fingerprint density at radius 3 is 2.91 bits per heavy atom. The van der Waals surface area contributed by atoms with Gasteiger partial charge in [-0.3, -0.25) is 4.98 Å². The third-order valence-corrected chi connectivity index (χ3v) is 5.73. The van der Waals surface area contributed by atoms with Gasteiger partial charge < -0.3 is 19.5 Å². The second-order valence-electron chi connectivity index (χ2n) is 8.01. The first-order chi connectivity index (χ1) is 15.6. The Bertz CT molecular complexity index is 1020.